The monoisotopic (exact) mass is 243 g/mol. The Bertz CT molecular complexity index is 189. The molecule has 0 amide bonds. The van der Waals surface area contributed by atoms with Crippen LogP contribution >= 0.6 is 0 Å². The van der Waals surface area contributed by atoms with Crippen LogP contribution in [0.1, 0.15) is 52.9 Å². The van der Waals surface area contributed by atoms with Crippen LogP contribution in [0.25, 0.3) is 0 Å². The molecule has 0 aromatic carbocycles. The first-order valence-electron chi connectivity index (χ1n) is 7.15. The first-order valence-corrected chi connectivity index (χ1v) is 7.15. The SMILES string of the molecule is CCNCC1(OCCOC(C)C)CCCCC1. The van der Waals surface area contributed by atoms with Crippen molar-refractivity contribution in [2.75, 3.05) is 26.3 Å². The van der Waals surface area contributed by atoms with E-state index in [1.807, 2.05) is 0 Å². The third-order valence-corrected chi connectivity index (χ3v) is 3.40. The van der Waals surface area contributed by atoms with Gasteiger partial charge in [0.05, 0.1) is 24.9 Å². The van der Waals surface area contributed by atoms with Gasteiger partial charge in [-0.1, -0.05) is 26.2 Å². The largest absolute Gasteiger partial charge is 0.376 e. The normalized spacial score (nSPS) is 19.8. The van der Waals surface area contributed by atoms with E-state index in [9.17, 15) is 0 Å². The van der Waals surface area contributed by atoms with Crippen molar-refractivity contribution in [2.24, 2.45) is 0 Å². The Kier molecular flexibility index (Phi) is 7.09. The van der Waals surface area contributed by atoms with Crippen LogP contribution in [0.4, 0.5) is 0 Å². The molecule has 0 saturated heterocycles. The molecule has 0 atom stereocenters. The van der Waals surface area contributed by atoms with Crippen LogP contribution in [0.5, 0.6) is 0 Å². The molecular weight excluding hydrogens is 214 g/mol. The predicted molar refractivity (Wildman–Crippen MR) is 71.4 cm³/mol. The average molecular weight is 243 g/mol. The van der Waals surface area contributed by atoms with Gasteiger partial charge in [-0.25, -0.2) is 0 Å². The molecule has 102 valence electrons. The summed E-state index contributed by atoms with van der Waals surface area (Å²) in [5, 5.41) is 3.44. The highest BCUT2D eigenvalue weighted by Crippen LogP contribution is 2.31. The van der Waals surface area contributed by atoms with E-state index in [4.69, 9.17) is 9.47 Å². The summed E-state index contributed by atoms with van der Waals surface area (Å²) >= 11 is 0. The van der Waals surface area contributed by atoms with Gasteiger partial charge in [0.15, 0.2) is 0 Å². The van der Waals surface area contributed by atoms with Crippen LogP contribution in [0.3, 0.4) is 0 Å². The number of hydrogen-bond acceptors (Lipinski definition) is 3. The van der Waals surface area contributed by atoms with E-state index < -0.39 is 0 Å². The number of nitrogens with one attached hydrogen (secondary N) is 1. The van der Waals surface area contributed by atoms with Gasteiger partial charge in [0.25, 0.3) is 0 Å². The van der Waals surface area contributed by atoms with Gasteiger partial charge < -0.3 is 14.8 Å². The van der Waals surface area contributed by atoms with Gasteiger partial charge in [0.2, 0.25) is 0 Å². The molecule has 1 aliphatic carbocycles. The second kappa shape index (κ2) is 8.06. The third-order valence-electron chi connectivity index (χ3n) is 3.40. The molecule has 0 unspecified atom stereocenters. The minimum absolute atomic E-state index is 0.0780. The fourth-order valence-electron chi connectivity index (χ4n) is 2.46. The molecule has 17 heavy (non-hydrogen) atoms. The Balaban J connectivity index is 2.29. The Morgan fingerprint density at radius 1 is 1.12 bits per heavy atom. The van der Waals surface area contributed by atoms with Crippen molar-refractivity contribution in [1.82, 2.24) is 5.32 Å². The molecule has 3 heteroatoms. The van der Waals surface area contributed by atoms with Crippen LogP contribution in [0, 0.1) is 0 Å². The molecule has 0 radical (unpaired) electrons. The highest BCUT2D eigenvalue weighted by molar-refractivity contribution is 4.86. The van der Waals surface area contributed by atoms with E-state index in [0.29, 0.717) is 12.7 Å². The van der Waals surface area contributed by atoms with E-state index >= 15 is 0 Å². The zero-order valence-electron chi connectivity index (χ0n) is 11.8. The number of rotatable bonds is 8. The molecule has 0 aromatic rings. The highest BCUT2D eigenvalue weighted by atomic mass is 16.5. The Hall–Kier alpha value is -0.120. The lowest BCUT2D eigenvalue weighted by molar-refractivity contribution is -0.0913. The summed E-state index contributed by atoms with van der Waals surface area (Å²) in [5.41, 5.74) is 0.0780. The van der Waals surface area contributed by atoms with E-state index in [2.05, 4.69) is 26.1 Å². The zero-order chi connectivity index (χ0) is 12.6. The second-order valence-electron chi connectivity index (χ2n) is 5.29. The van der Waals surface area contributed by atoms with E-state index in [1.165, 1.54) is 32.1 Å². The number of hydrogen-bond donors (Lipinski definition) is 1. The number of ether oxygens (including phenoxy) is 2. The maximum absolute atomic E-state index is 6.14. The minimum Gasteiger partial charge on any atom is -0.376 e. The maximum Gasteiger partial charge on any atom is 0.0807 e. The van der Waals surface area contributed by atoms with Gasteiger partial charge in [0.1, 0.15) is 0 Å². The van der Waals surface area contributed by atoms with Crippen molar-refractivity contribution in [2.45, 2.75) is 64.6 Å². The molecule has 1 rings (SSSR count). The summed E-state index contributed by atoms with van der Waals surface area (Å²) in [6.45, 7) is 9.73. The lowest BCUT2D eigenvalue weighted by atomic mass is 9.84. The van der Waals surface area contributed by atoms with Gasteiger partial charge in [0, 0.05) is 6.54 Å². The van der Waals surface area contributed by atoms with Crippen molar-refractivity contribution in [1.29, 1.82) is 0 Å². The quantitative estimate of drug-likeness (QED) is 0.665. The average Bonchev–Trinajstić information content (AvgIpc) is 2.33. The fourth-order valence-corrected chi connectivity index (χ4v) is 2.46. The topological polar surface area (TPSA) is 30.5 Å². The first kappa shape index (κ1) is 14.9. The van der Waals surface area contributed by atoms with Gasteiger partial charge in [-0.3, -0.25) is 0 Å². The summed E-state index contributed by atoms with van der Waals surface area (Å²) < 4.78 is 11.7. The van der Waals surface area contributed by atoms with Crippen molar-refractivity contribution >= 4 is 0 Å². The fraction of sp³-hybridized carbons (Fsp3) is 1.00. The predicted octanol–water partition coefficient (Wildman–Crippen LogP) is 2.74. The lowest BCUT2D eigenvalue weighted by Crippen LogP contribution is -2.45. The minimum atomic E-state index is 0.0780. The molecule has 1 aliphatic rings. The molecule has 0 aliphatic heterocycles. The maximum atomic E-state index is 6.14. The van der Waals surface area contributed by atoms with Crippen LogP contribution in [-0.2, 0) is 9.47 Å². The Morgan fingerprint density at radius 3 is 2.41 bits per heavy atom. The van der Waals surface area contributed by atoms with Crippen LogP contribution in [0.15, 0.2) is 0 Å². The highest BCUT2D eigenvalue weighted by Gasteiger charge is 2.32. The smallest absolute Gasteiger partial charge is 0.0807 e. The summed E-state index contributed by atoms with van der Waals surface area (Å²) in [7, 11) is 0. The van der Waals surface area contributed by atoms with Crippen molar-refractivity contribution in [3.8, 4) is 0 Å². The summed E-state index contributed by atoms with van der Waals surface area (Å²) in [6.07, 6.45) is 6.66. The van der Waals surface area contributed by atoms with Crippen molar-refractivity contribution in [3.63, 3.8) is 0 Å². The van der Waals surface area contributed by atoms with Gasteiger partial charge >= 0.3 is 0 Å². The van der Waals surface area contributed by atoms with Gasteiger partial charge in [-0.15, -0.1) is 0 Å². The van der Waals surface area contributed by atoms with Crippen LogP contribution in [-0.4, -0.2) is 38.0 Å². The molecule has 1 N–H and O–H groups in total. The van der Waals surface area contributed by atoms with Crippen LogP contribution < -0.4 is 5.32 Å². The summed E-state index contributed by atoms with van der Waals surface area (Å²) in [5.74, 6) is 0. The Morgan fingerprint density at radius 2 is 1.82 bits per heavy atom. The van der Waals surface area contributed by atoms with Gasteiger partial charge in [-0.05, 0) is 33.2 Å². The second-order valence-corrected chi connectivity index (χ2v) is 5.29. The number of likely N-dealkylation sites (N-methyl/N-ethyl adjacent to an activating group) is 1. The third kappa shape index (κ3) is 5.84. The first-order chi connectivity index (χ1) is 8.18. The van der Waals surface area contributed by atoms with Crippen molar-refractivity contribution < 1.29 is 9.47 Å². The molecular formula is C14H29NO2. The Labute approximate surface area is 106 Å². The van der Waals surface area contributed by atoms with Crippen LogP contribution in [0.2, 0.25) is 0 Å². The van der Waals surface area contributed by atoms with E-state index in [-0.39, 0.29) is 5.60 Å². The molecule has 3 nitrogen and oxygen atoms in total. The van der Waals surface area contributed by atoms with Crippen molar-refractivity contribution in [3.05, 3.63) is 0 Å². The molecule has 1 saturated carbocycles. The van der Waals surface area contributed by atoms with Gasteiger partial charge in [-0.2, -0.15) is 0 Å². The molecule has 0 aromatic heterocycles. The standard InChI is InChI=1S/C14H29NO2/c1-4-15-12-14(8-6-5-7-9-14)17-11-10-16-13(2)3/h13,15H,4-12H2,1-3H3. The molecule has 0 heterocycles. The van der Waals surface area contributed by atoms with E-state index in [1.54, 1.807) is 0 Å². The lowest BCUT2D eigenvalue weighted by Gasteiger charge is -2.37. The summed E-state index contributed by atoms with van der Waals surface area (Å²) in [6, 6.07) is 0. The van der Waals surface area contributed by atoms with E-state index in [0.717, 1.165) is 19.7 Å². The summed E-state index contributed by atoms with van der Waals surface area (Å²) in [4.78, 5) is 0. The molecule has 0 bridgehead atoms. The molecule has 1 fully saturated rings. The zero-order valence-corrected chi connectivity index (χ0v) is 11.8. The molecule has 0 spiro atoms.